The van der Waals surface area contributed by atoms with Gasteiger partial charge >= 0.3 is 0 Å². The normalized spacial score (nSPS) is 18.8. The Morgan fingerprint density at radius 3 is 2.17 bits per heavy atom. The van der Waals surface area contributed by atoms with Crippen molar-refractivity contribution >= 4 is 28.5 Å². The summed E-state index contributed by atoms with van der Waals surface area (Å²) in [5, 5.41) is 4.96. The molecule has 2 fully saturated rings. The van der Waals surface area contributed by atoms with Crippen LogP contribution in [0, 0.1) is 0 Å². The van der Waals surface area contributed by atoms with E-state index in [1.807, 2.05) is 52.3 Å². The van der Waals surface area contributed by atoms with Crippen LogP contribution in [0.4, 0.5) is 0 Å². The topological polar surface area (TPSA) is 69.7 Å². The molecule has 1 saturated carbocycles. The molecule has 1 aliphatic carbocycles. The molecule has 0 atom stereocenters. The van der Waals surface area contributed by atoms with Crippen molar-refractivity contribution in [2.45, 2.75) is 44.6 Å². The largest absolute Gasteiger partial charge is 0.342 e. The molecule has 0 radical (unpaired) electrons. The fraction of sp³-hybridized carbons (Fsp3) is 0.458. The van der Waals surface area contributed by atoms with Crippen LogP contribution in [0.5, 0.6) is 0 Å². The molecule has 6 nitrogen and oxygen atoms in total. The number of fused-ring (bicyclic) bond motifs is 1. The first-order chi connectivity index (χ1) is 14.5. The van der Waals surface area contributed by atoms with Gasteiger partial charge in [0.25, 0.3) is 5.91 Å². The van der Waals surface area contributed by atoms with Gasteiger partial charge in [-0.2, -0.15) is 0 Å². The van der Waals surface area contributed by atoms with Crippen molar-refractivity contribution in [1.29, 1.82) is 0 Å². The van der Waals surface area contributed by atoms with Crippen molar-refractivity contribution in [2.24, 2.45) is 0 Å². The van der Waals surface area contributed by atoms with Gasteiger partial charge in [0.2, 0.25) is 11.8 Å². The molecule has 0 spiro atoms. The number of nitrogens with one attached hydrogen (secondary N) is 1. The van der Waals surface area contributed by atoms with Crippen molar-refractivity contribution in [1.82, 2.24) is 15.1 Å². The maximum absolute atomic E-state index is 13.3. The minimum absolute atomic E-state index is 0.00754. The standard InChI is InChI=1S/C24H29N3O3/c1-18(28)25-24(12-5-2-6-13-24)23(30)27-16-14-26(15-17-27)22(29)21-11-7-9-19-8-3-4-10-20(19)21/h3-4,7-11H,2,5-6,12-17H2,1H3,(H,25,28). The van der Waals surface area contributed by atoms with E-state index < -0.39 is 5.54 Å². The summed E-state index contributed by atoms with van der Waals surface area (Å²) in [5.41, 5.74) is -0.0683. The molecule has 6 heteroatoms. The number of hydrogen-bond acceptors (Lipinski definition) is 3. The fourth-order valence-electron chi connectivity index (χ4n) is 4.88. The molecule has 1 heterocycles. The molecular weight excluding hydrogens is 378 g/mol. The van der Waals surface area contributed by atoms with E-state index in [2.05, 4.69) is 5.32 Å². The number of amides is 3. The first-order valence-electron chi connectivity index (χ1n) is 10.9. The first kappa shape index (κ1) is 20.4. The lowest BCUT2D eigenvalue weighted by Gasteiger charge is -2.43. The third kappa shape index (κ3) is 3.91. The number of benzene rings is 2. The van der Waals surface area contributed by atoms with Gasteiger partial charge in [0.1, 0.15) is 5.54 Å². The van der Waals surface area contributed by atoms with E-state index in [-0.39, 0.29) is 17.7 Å². The van der Waals surface area contributed by atoms with Gasteiger partial charge in [0.05, 0.1) is 0 Å². The molecule has 2 aromatic carbocycles. The lowest BCUT2D eigenvalue weighted by molar-refractivity contribution is -0.144. The van der Waals surface area contributed by atoms with Gasteiger partial charge in [0, 0.05) is 38.7 Å². The number of hydrogen-bond donors (Lipinski definition) is 1. The van der Waals surface area contributed by atoms with Gasteiger partial charge < -0.3 is 15.1 Å². The summed E-state index contributed by atoms with van der Waals surface area (Å²) in [4.78, 5) is 41.9. The summed E-state index contributed by atoms with van der Waals surface area (Å²) in [6.45, 7) is 3.48. The van der Waals surface area contributed by atoms with Crippen molar-refractivity contribution in [3.05, 3.63) is 48.0 Å². The zero-order valence-electron chi connectivity index (χ0n) is 17.5. The molecule has 4 rings (SSSR count). The van der Waals surface area contributed by atoms with E-state index >= 15 is 0 Å². The number of piperazine rings is 1. The van der Waals surface area contributed by atoms with E-state index in [9.17, 15) is 14.4 Å². The highest BCUT2D eigenvalue weighted by Gasteiger charge is 2.43. The predicted octanol–water partition coefficient (Wildman–Crippen LogP) is 2.96. The highest BCUT2D eigenvalue weighted by Crippen LogP contribution is 2.31. The molecule has 0 aromatic heterocycles. The number of carbonyl (C=O) groups is 3. The maximum Gasteiger partial charge on any atom is 0.254 e. The van der Waals surface area contributed by atoms with Gasteiger partial charge in [0.15, 0.2) is 0 Å². The third-order valence-corrected chi connectivity index (χ3v) is 6.41. The number of nitrogens with zero attached hydrogens (tertiary/aromatic N) is 2. The first-order valence-corrected chi connectivity index (χ1v) is 10.9. The zero-order valence-corrected chi connectivity index (χ0v) is 17.5. The molecular formula is C24H29N3O3. The number of rotatable bonds is 3. The Hall–Kier alpha value is -2.89. The molecule has 1 N–H and O–H groups in total. The summed E-state index contributed by atoms with van der Waals surface area (Å²) in [7, 11) is 0. The van der Waals surface area contributed by atoms with E-state index in [4.69, 9.17) is 0 Å². The van der Waals surface area contributed by atoms with E-state index in [1.54, 1.807) is 0 Å². The molecule has 1 saturated heterocycles. The monoisotopic (exact) mass is 407 g/mol. The van der Waals surface area contributed by atoms with Gasteiger partial charge in [-0.05, 0) is 29.7 Å². The van der Waals surface area contributed by atoms with Crippen LogP contribution >= 0.6 is 0 Å². The van der Waals surface area contributed by atoms with Crippen LogP contribution < -0.4 is 5.32 Å². The Bertz CT molecular complexity index is 952. The Morgan fingerprint density at radius 1 is 0.833 bits per heavy atom. The molecule has 2 aliphatic rings. The van der Waals surface area contributed by atoms with Crippen LogP contribution in [0.1, 0.15) is 49.4 Å². The summed E-state index contributed by atoms with van der Waals surface area (Å²) in [6, 6.07) is 13.7. The molecule has 30 heavy (non-hydrogen) atoms. The minimum Gasteiger partial charge on any atom is -0.342 e. The van der Waals surface area contributed by atoms with Crippen LogP contribution in [-0.2, 0) is 9.59 Å². The van der Waals surface area contributed by atoms with Crippen LogP contribution in [0.2, 0.25) is 0 Å². The quantitative estimate of drug-likeness (QED) is 0.851. The number of carbonyl (C=O) groups excluding carboxylic acids is 3. The van der Waals surface area contributed by atoms with Gasteiger partial charge in [-0.1, -0.05) is 55.7 Å². The highest BCUT2D eigenvalue weighted by molar-refractivity contribution is 6.07. The molecule has 0 unspecified atom stereocenters. The second kappa shape index (κ2) is 8.46. The second-order valence-electron chi connectivity index (χ2n) is 8.44. The molecule has 1 aliphatic heterocycles. The molecule has 0 bridgehead atoms. The lowest BCUT2D eigenvalue weighted by atomic mass is 9.80. The summed E-state index contributed by atoms with van der Waals surface area (Å²) < 4.78 is 0. The Labute approximate surface area is 177 Å². The predicted molar refractivity (Wildman–Crippen MR) is 116 cm³/mol. The van der Waals surface area contributed by atoms with Gasteiger partial charge in [-0.3, -0.25) is 14.4 Å². The third-order valence-electron chi connectivity index (χ3n) is 6.41. The molecule has 158 valence electrons. The van der Waals surface area contributed by atoms with Crippen LogP contribution in [-0.4, -0.2) is 59.2 Å². The van der Waals surface area contributed by atoms with Crippen LogP contribution in [0.3, 0.4) is 0 Å². The van der Waals surface area contributed by atoms with Crippen molar-refractivity contribution < 1.29 is 14.4 Å². The fourth-order valence-corrected chi connectivity index (χ4v) is 4.88. The SMILES string of the molecule is CC(=O)NC1(C(=O)N2CCN(C(=O)c3cccc4ccccc34)CC2)CCCCC1. The smallest absolute Gasteiger partial charge is 0.254 e. The van der Waals surface area contributed by atoms with Crippen molar-refractivity contribution in [2.75, 3.05) is 26.2 Å². The molecule has 2 aromatic rings. The van der Waals surface area contributed by atoms with E-state index in [1.165, 1.54) is 6.92 Å². The summed E-state index contributed by atoms with van der Waals surface area (Å²) >= 11 is 0. The van der Waals surface area contributed by atoms with Crippen LogP contribution in [0.25, 0.3) is 10.8 Å². The lowest BCUT2D eigenvalue weighted by Crippen LogP contribution is -2.63. The average Bonchev–Trinajstić information content (AvgIpc) is 2.78. The minimum atomic E-state index is -0.772. The average molecular weight is 408 g/mol. The Morgan fingerprint density at radius 2 is 1.47 bits per heavy atom. The Kier molecular flexibility index (Phi) is 5.75. The van der Waals surface area contributed by atoms with Crippen molar-refractivity contribution in [3.63, 3.8) is 0 Å². The van der Waals surface area contributed by atoms with E-state index in [0.29, 0.717) is 44.6 Å². The van der Waals surface area contributed by atoms with Gasteiger partial charge in [-0.15, -0.1) is 0 Å². The summed E-state index contributed by atoms with van der Waals surface area (Å²) in [5.74, 6) is -0.141. The summed E-state index contributed by atoms with van der Waals surface area (Å²) in [6.07, 6.45) is 4.39. The van der Waals surface area contributed by atoms with Crippen LogP contribution in [0.15, 0.2) is 42.5 Å². The van der Waals surface area contributed by atoms with Gasteiger partial charge in [-0.25, -0.2) is 0 Å². The van der Waals surface area contributed by atoms with Crippen molar-refractivity contribution in [3.8, 4) is 0 Å². The highest BCUT2D eigenvalue weighted by atomic mass is 16.2. The molecule has 3 amide bonds. The zero-order chi connectivity index (χ0) is 21.1. The maximum atomic E-state index is 13.3. The van der Waals surface area contributed by atoms with E-state index in [0.717, 1.165) is 30.0 Å². The Balaban J connectivity index is 1.46. The second-order valence-corrected chi connectivity index (χ2v) is 8.44.